The Balaban J connectivity index is 1.88. The largest absolute Gasteiger partial charge is 0.507 e. The number of carbonyl (C=O) groups excluding carboxylic acids is 2. The van der Waals surface area contributed by atoms with E-state index in [2.05, 4.69) is 0 Å². The van der Waals surface area contributed by atoms with E-state index in [0.29, 0.717) is 29.5 Å². The monoisotopic (exact) mass is 463 g/mol. The van der Waals surface area contributed by atoms with Crippen molar-refractivity contribution in [2.24, 2.45) is 0 Å². The molecule has 0 aliphatic carbocycles. The van der Waals surface area contributed by atoms with Gasteiger partial charge < -0.3 is 9.84 Å². The molecule has 0 bridgehead atoms. The average molecular weight is 463 g/mol. The summed E-state index contributed by atoms with van der Waals surface area (Å²) in [4.78, 5) is 27.2. The number of hydrogen-bond acceptors (Lipinski definition) is 4. The van der Waals surface area contributed by atoms with Crippen molar-refractivity contribution >= 4 is 23.1 Å². The van der Waals surface area contributed by atoms with Crippen molar-refractivity contribution in [1.29, 1.82) is 0 Å². The van der Waals surface area contributed by atoms with E-state index in [4.69, 9.17) is 4.74 Å². The van der Waals surface area contributed by atoms with Gasteiger partial charge in [-0.2, -0.15) is 0 Å². The summed E-state index contributed by atoms with van der Waals surface area (Å²) in [5.74, 6) is -3.56. The normalized spacial score (nSPS) is 17.3. The number of ketones is 1. The topological polar surface area (TPSA) is 66.8 Å². The van der Waals surface area contributed by atoms with E-state index in [1.807, 2.05) is 19.9 Å². The highest BCUT2D eigenvalue weighted by atomic mass is 19.1. The minimum atomic E-state index is -1.10. The van der Waals surface area contributed by atoms with Crippen LogP contribution in [0.5, 0.6) is 5.75 Å². The van der Waals surface area contributed by atoms with Gasteiger partial charge in [-0.3, -0.25) is 14.5 Å². The molecule has 1 heterocycles. The molecular weight excluding hydrogens is 440 g/mol. The summed E-state index contributed by atoms with van der Waals surface area (Å²) in [6.45, 7) is 4.35. The van der Waals surface area contributed by atoms with Crippen LogP contribution in [-0.2, 0) is 9.59 Å². The third-order valence-electron chi connectivity index (χ3n) is 5.57. The molecule has 3 aromatic carbocycles. The lowest BCUT2D eigenvalue weighted by molar-refractivity contribution is -0.132. The zero-order chi connectivity index (χ0) is 24.4. The predicted octanol–water partition coefficient (Wildman–Crippen LogP) is 5.69. The number of rotatable bonds is 6. The van der Waals surface area contributed by atoms with Gasteiger partial charge in [0.2, 0.25) is 0 Å². The summed E-state index contributed by atoms with van der Waals surface area (Å²) in [5.41, 5.74) is 1.23. The van der Waals surface area contributed by atoms with Crippen molar-refractivity contribution in [1.82, 2.24) is 0 Å². The second kappa shape index (κ2) is 9.47. The average Bonchev–Trinajstić information content (AvgIpc) is 3.08. The number of anilines is 1. The smallest absolute Gasteiger partial charge is 0.300 e. The Labute approximate surface area is 195 Å². The number of Topliss-reactive ketones (excluding diaryl/α,β-unsaturated/α-hetero) is 1. The van der Waals surface area contributed by atoms with Crippen LogP contribution in [0.3, 0.4) is 0 Å². The molecule has 1 fully saturated rings. The van der Waals surface area contributed by atoms with Crippen LogP contribution < -0.4 is 9.64 Å². The Morgan fingerprint density at radius 1 is 1.03 bits per heavy atom. The number of hydrogen-bond donors (Lipinski definition) is 1. The van der Waals surface area contributed by atoms with Crippen LogP contribution in [-0.4, -0.2) is 23.4 Å². The van der Waals surface area contributed by atoms with Crippen molar-refractivity contribution in [2.75, 3.05) is 11.5 Å². The molecule has 0 spiro atoms. The minimum Gasteiger partial charge on any atom is -0.507 e. The number of ether oxygens (including phenoxy) is 1. The minimum absolute atomic E-state index is 0.179. The van der Waals surface area contributed by atoms with Gasteiger partial charge in [-0.15, -0.1) is 0 Å². The molecule has 1 amide bonds. The van der Waals surface area contributed by atoms with Gasteiger partial charge in [-0.1, -0.05) is 36.8 Å². The molecule has 3 aromatic rings. The zero-order valence-electron chi connectivity index (χ0n) is 18.7. The number of aliphatic hydroxyl groups excluding tert-OH is 1. The summed E-state index contributed by atoms with van der Waals surface area (Å²) in [5, 5.41) is 11.1. The summed E-state index contributed by atoms with van der Waals surface area (Å²) in [6.07, 6.45) is 0.835. The fourth-order valence-electron chi connectivity index (χ4n) is 4.00. The number of benzene rings is 3. The first-order chi connectivity index (χ1) is 16.3. The fourth-order valence-corrected chi connectivity index (χ4v) is 4.00. The molecule has 4 rings (SSSR count). The van der Waals surface area contributed by atoms with Crippen LogP contribution in [0.1, 0.15) is 36.1 Å². The molecule has 7 heteroatoms. The second-order valence-corrected chi connectivity index (χ2v) is 8.05. The van der Waals surface area contributed by atoms with Gasteiger partial charge in [0.05, 0.1) is 23.9 Å². The lowest BCUT2D eigenvalue weighted by atomic mass is 9.94. The van der Waals surface area contributed by atoms with Gasteiger partial charge >= 0.3 is 0 Å². The van der Waals surface area contributed by atoms with Gasteiger partial charge in [-0.05, 0) is 55.3 Å². The number of nitrogens with zero attached hydrogens (tertiary/aromatic N) is 1. The number of amides is 1. The summed E-state index contributed by atoms with van der Waals surface area (Å²) >= 11 is 0. The van der Waals surface area contributed by atoms with E-state index in [1.165, 1.54) is 0 Å². The van der Waals surface area contributed by atoms with Gasteiger partial charge in [0.25, 0.3) is 11.7 Å². The van der Waals surface area contributed by atoms with Gasteiger partial charge in [0.15, 0.2) is 0 Å². The summed E-state index contributed by atoms with van der Waals surface area (Å²) < 4.78 is 33.8. The Hall–Kier alpha value is -4.00. The molecule has 5 nitrogen and oxygen atoms in total. The molecule has 0 aromatic heterocycles. The Kier molecular flexibility index (Phi) is 6.45. The van der Waals surface area contributed by atoms with Gasteiger partial charge in [0.1, 0.15) is 23.1 Å². The molecule has 1 atom stereocenters. The van der Waals surface area contributed by atoms with Gasteiger partial charge in [-0.25, -0.2) is 8.78 Å². The van der Waals surface area contributed by atoms with Crippen molar-refractivity contribution in [3.05, 3.63) is 101 Å². The van der Waals surface area contributed by atoms with Crippen LogP contribution in [0.25, 0.3) is 5.76 Å². The van der Waals surface area contributed by atoms with E-state index in [0.717, 1.165) is 29.0 Å². The van der Waals surface area contributed by atoms with Crippen molar-refractivity contribution in [3.63, 3.8) is 0 Å². The highest BCUT2D eigenvalue weighted by molar-refractivity contribution is 6.51. The van der Waals surface area contributed by atoms with E-state index in [9.17, 15) is 23.5 Å². The Morgan fingerprint density at radius 3 is 2.41 bits per heavy atom. The highest BCUT2D eigenvalue weighted by Gasteiger charge is 2.47. The maximum Gasteiger partial charge on any atom is 0.300 e. The molecule has 34 heavy (non-hydrogen) atoms. The lowest BCUT2D eigenvalue weighted by Crippen LogP contribution is -2.30. The standard InChI is InChI=1S/C27H23F2NO4/c1-3-13-34-20-10-7-17(8-11-20)25(31)23-24(18-6-4-5-16(2)14-18)30(27(33)26(23)32)22-12-9-19(28)15-21(22)29/h4-12,14-15,24,31H,3,13H2,1-2H3/b25-23+. The first-order valence-corrected chi connectivity index (χ1v) is 10.9. The van der Waals surface area contributed by atoms with E-state index >= 15 is 0 Å². The second-order valence-electron chi connectivity index (χ2n) is 8.05. The first-order valence-electron chi connectivity index (χ1n) is 10.9. The quantitative estimate of drug-likeness (QED) is 0.290. The van der Waals surface area contributed by atoms with Crippen LogP contribution in [0.2, 0.25) is 0 Å². The van der Waals surface area contributed by atoms with Crippen LogP contribution in [0.15, 0.2) is 72.3 Å². The van der Waals surface area contributed by atoms with Crippen LogP contribution in [0, 0.1) is 18.6 Å². The molecule has 1 unspecified atom stereocenters. The first kappa shape index (κ1) is 23.2. The predicted molar refractivity (Wildman–Crippen MR) is 125 cm³/mol. The lowest BCUT2D eigenvalue weighted by Gasteiger charge is -2.26. The Morgan fingerprint density at radius 2 is 1.76 bits per heavy atom. The maximum absolute atomic E-state index is 14.7. The number of aryl methyl sites for hydroxylation is 1. The third-order valence-corrected chi connectivity index (χ3v) is 5.57. The Bertz CT molecular complexity index is 1280. The molecular formula is C27H23F2NO4. The number of aliphatic hydroxyl groups is 1. The maximum atomic E-state index is 14.7. The highest BCUT2D eigenvalue weighted by Crippen LogP contribution is 2.43. The van der Waals surface area contributed by atoms with Crippen molar-refractivity contribution in [3.8, 4) is 5.75 Å². The molecule has 174 valence electrons. The molecule has 1 aliphatic heterocycles. The molecule has 0 radical (unpaired) electrons. The van der Waals surface area contributed by atoms with E-state index in [1.54, 1.807) is 42.5 Å². The summed E-state index contributed by atoms with van der Waals surface area (Å²) in [6, 6.07) is 15.2. The third kappa shape index (κ3) is 4.29. The fraction of sp³-hybridized carbons (Fsp3) is 0.185. The zero-order valence-corrected chi connectivity index (χ0v) is 18.7. The van der Waals surface area contributed by atoms with Gasteiger partial charge in [0, 0.05) is 11.6 Å². The molecule has 0 saturated carbocycles. The van der Waals surface area contributed by atoms with Crippen LogP contribution in [0.4, 0.5) is 14.5 Å². The van der Waals surface area contributed by atoms with E-state index < -0.39 is 35.1 Å². The van der Waals surface area contributed by atoms with Crippen molar-refractivity contribution in [2.45, 2.75) is 26.3 Å². The molecule has 1 aliphatic rings. The number of carbonyl (C=O) groups is 2. The molecule has 1 saturated heterocycles. The van der Waals surface area contributed by atoms with Crippen molar-refractivity contribution < 1.29 is 28.2 Å². The SMILES string of the molecule is CCCOc1ccc(/C(O)=C2\C(=O)C(=O)N(c3ccc(F)cc3F)C2c2cccc(C)c2)cc1. The number of halogens is 2. The van der Waals surface area contributed by atoms with E-state index in [-0.39, 0.29) is 11.3 Å². The summed E-state index contributed by atoms with van der Waals surface area (Å²) in [7, 11) is 0. The van der Waals surface area contributed by atoms with Crippen LogP contribution >= 0.6 is 0 Å². The molecule has 1 N–H and O–H groups in total.